The van der Waals surface area contributed by atoms with Crippen LogP contribution in [0.5, 0.6) is 0 Å². The topological polar surface area (TPSA) is 312 Å². The van der Waals surface area contributed by atoms with Crippen molar-refractivity contribution in [1.82, 2.24) is 19.5 Å². The second-order valence-corrected chi connectivity index (χ2v) is 11.7. The highest BCUT2D eigenvalue weighted by Crippen LogP contribution is 2.61. The summed E-state index contributed by atoms with van der Waals surface area (Å²) in [6.45, 7) is -2.08. The maximum absolute atomic E-state index is 14.8. The minimum absolute atomic E-state index is 0.00105. The third-order valence-corrected chi connectivity index (χ3v) is 8.57. The number of phosphoric ester groups is 2. The Morgan fingerprint density at radius 2 is 1.75 bits per heavy atom. The highest BCUT2D eigenvalue weighted by molar-refractivity contribution is 7.61. The number of alkyl halides is 1. The number of phosphoric acid groups is 2. The van der Waals surface area contributed by atoms with E-state index >= 15 is 0 Å². The smallest absolute Gasteiger partial charge is 0.394 e. The number of hydrogen-bond acceptors (Lipinski definition) is 17. The fraction of sp³-hybridized carbons (Fsp3) is 0.706. The predicted octanol–water partition coefficient (Wildman–Crippen LogP) is -3.58. The first-order chi connectivity index (χ1) is 18.7. The van der Waals surface area contributed by atoms with Gasteiger partial charge in [0.25, 0.3) is 0 Å². The van der Waals surface area contributed by atoms with Crippen LogP contribution in [0.4, 0.5) is 10.2 Å². The van der Waals surface area contributed by atoms with Gasteiger partial charge < -0.3 is 55.6 Å². The van der Waals surface area contributed by atoms with Crippen LogP contribution in [-0.2, 0) is 32.0 Å². The molecule has 4 rings (SSSR count). The summed E-state index contributed by atoms with van der Waals surface area (Å²) in [6, 6.07) is 0. The molecule has 2 aromatic rings. The lowest BCUT2D eigenvalue weighted by molar-refractivity contribution is -0.292. The molecule has 0 amide bonds. The Balaban J connectivity index is 1.38. The fourth-order valence-electron chi connectivity index (χ4n) is 3.98. The second-order valence-electron chi connectivity index (χ2n) is 8.69. The lowest BCUT2D eigenvalue weighted by atomic mass is 9.96. The van der Waals surface area contributed by atoms with Gasteiger partial charge >= 0.3 is 15.6 Å². The fourth-order valence-corrected chi connectivity index (χ4v) is 6.14. The van der Waals surface area contributed by atoms with Crippen molar-refractivity contribution in [3.8, 4) is 0 Å². The molecule has 23 heteroatoms. The van der Waals surface area contributed by atoms with Crippen LogP contribution < -0.4 is 5.73 Å². The number of aliphatic hydroxyl groups excluding tert-OH is 6. The first-order valence-electron chi connectivity index (χ1n) is 11.2. The Hall–Kier alpha value is -1.78. The van der Waals surface area contributed by atoms with Crippen LogP contribution in [0, 0.1) is 0 Å². The Labute approximate surface area is 222 Å². The van der Waals surface area contributed by atoms with Gasteiger partial charge in [0.2, 0.25) is 0 Å². The van der Waals surface area contributed by atoms with Crippen LogP contribution >= 0.6 is 15.6 Å². The minimum Gasteiger partial charge on any atom is -0.394 e. The Morgan fingerprint density at radius 3 is 2.42 bits per heavy atom. The van der Waals surface area contributed by atoms with Gasteiger partial charge in [0, 0.05) is 0 Å². The van der Waals surface area contributed by atoms with Gasteiger partial charge in [0.15, 0.2) is 30.2 Å². The van der Waals surface area contributed by atoms with E-state index in [0.717, 1.165) is 17.2 Å². The van der Waals surface area contributed by atoms with Crippen molar-refractivity contribution in [2.75, 3.05) is 18.9 Å². The number of rotatable bonds is 10. The number of hydrogen-bond donors (Lipinski definition) is 9. The molecule has 0 aliphatic carbocycles. The number of nitrogens with zero attached hydrogens (tertiary/aromatic N) is 4. The van der Waals surface area contributed by atoms with E-state index in [1.165, 1.54) is 0 Å². The van der Waals surface area contributed by atoms with Gasteiger partial charge in [-0.2, -0.15) is 4.31 Å². The minimum atomic E-state index is -5.69. The summed E-state index contributed by atoms with van der Waals surface area (Å²) >= 11 is 0. The zero-order chi connectivity index (χ0) is 29.6. The molecule has 10 N–H and O–H groups in total. The van der Waals surface area contributed by atoms with Gasteiger partial charge in [-0.3, -0.25) is 13.6 Å². The zero-order valence-electron chi connectivity index (χ0n) is 19.9. The van der Waals surface area contributed by atoms with E-state index < -0.39 is 90.3 Å². The van der Waals surface area contributed by atoms with Crippen molar-refractivity contribution < 1.29 is 76.8 Å². The number of nitrogens with two attached hydrogens (primary N) is 1. The first-order valence-corrected chi connectivity index (χ1v) is 14.2. The van der Waals surface area contributed by atoms with Crippen LogP contribution in [0.2, 0.25) is 0 Å². The SMILES string of the molecule is Nc1ncnc2c1ncn2[C@@H]1O[C@H](COP(=O)(O)OP(=O)(O)O[C@@H]2OC([C@H](O)CO)[C@@H](O)[C@H](O)C2O)[C@@H](F)C1O. The molecule has 2 fully saturated rings. The largest absolute Gasteiger partial charge is 0.483 e. The number of nitrogen functional groups attached to an aromatic ring is 1. The summed E-state index contributed by atoms with van der Waals surface area (Å²) in [5.74, 6) is -0.00105. The third-order valence-electron chi connectivity index (χ3n) is 5.97. The van der Waals surface area contributed by atoms with E-state index in [0.29, 0.717) is 0 Å². The van der Waals surface area contributed by atoms with Gasteiger partial charge in [-0.15, -0.1) is 0 Å². The van der Waals surface area contributed by atoms with Crippen LogP contribution in [0.1, 0.15) is 6.23 Å². The molecule has 0 bridgehead atoms. The molecular formula is C17H26FN5O15P2. The summed E-state index contributed by atoms with van der Waals surface area (Å²) in [5.41, 5.74) is 5.91. The molecule has 226 valence electrons. The molecular weight excluding hydrogens is 595 g/mol. The normalized spacial score (nSPS) is 36.8. The molecule has 0 radical (unpaired) electrons. The summed E-state index contributed by atoms with van der Waals surface area (Å²) in [7, 11) is -11.2. The molecule has 2 aliphatic heterocycles. The Kier molecular flexibility index (Phi) is 9.22. The number of aromatic nitrogens is 4. The Bertz CT molecular complexity index is 1290. The molecule has 2 saturated heterocycles. The van der Waals surface area contributed by atoms with E-state index in [4.69, 9.17) is 20.3 Å². The van der Waals surface area contributed by atoms with Crippen molar-refractivity contribution in [3.05, 3.63) is 12.7 Å². The molecule has 2 aromatic heterocycles. The number of aliphatic hydroxyl groups is 6. The molecule has 20 nitrogen and oxygen atoms in total. The Morgan fingerprint density at radius 1 is 1.05 bits per heavy atom. The first kappa shape index (κ1) is 31.2. The number of anilines is 1. The predicted molar refractivity (Wildman–Crippen MR) is 122 cm³/mol. The average Bonchev–Trinajstić information content (AvgIpc) is 3.43. The standard InChI is InChI=1S/C17H26FN5O15P2/c18-7-6(35-16(9(7)26)23-4-22-8-14(19)20-3-21-15(8)23)2-34-39(30,31)38-40(32,33)37-17-12(29)10(27)11(28)13(36-17)5(25)1-24/h3-7,9-13,16-17,24-29H,1-2H2,(H,30,31)(H,32,33)(H2,19,20,21)/t5-,6-,7-,9?,10+,11+,12?,13?,16-,17+/m1/s1. The molecule has 0 spiro atoms. The summed E-state index contributed by atoms with van der Waals surface area (Å²) in [4.78, 5) is 31.5. The summed E-state index contributed by atoms with van der Waals surface area (Å²) in [6.07, 6.45) is -17.2. The molecule has 0 aromatic carbocycles. The average molecular weight is 621 g/mol. The van der Waals surface area contributed by atoms with Crippen molar-refractivity contribution in [1.29, 1.82) is 0 Å². The molecule has 40 heavy (non-hydrogen) atoms. The number of halogens is 1. The van der Waals surface area contributed by atoms with E-state index in [1.54, 1.807) is 0 Å². The van der Waals surface area contributed by atoms with E-state index in [2.05, 4.69) is 28.3 Å². The maximum Gasteiger partial charge on any atom is 0.483 e. The molecule has 12 atom stereocenters. The second kappa shape index (κ2) is 11.8. The van der Waals surface area contributed by atoms with E-state index in [9.17, 15) is 48.8 Å². The van der Waals surface area contributed by atoms with Crippen LogP contribution in [0.25, 0.3) is 11.2 Å². The van der Waals surface area contributed by atoms with Gasteiger partial charge in [0.1, 0.15) is 54.6 Å². The number of imidazole rings is 1. The summed E-state index contributed by atoms with van der Waals surface area (Å²) in [5, 5.41) is 58.8. The van der Waals surface area contributed by atoms with Gasteiger partial charge in [-0.25, -0.2) is 28.5 Å². The van der Waals surface area contributed by atoms with Gasteiger partial charge in [0.05, 0.1) is 19.5 Å². The summed E-state index contributed by atoms with van der Waals surface area (Å²) < 4.78 is 63.9. The van der Waals surface area contributed by atoms with Crippen LogP contribution in [0.15, 0.2) is 12.7 Å². The van der Waals surface area contributed by atoms with Crippen molar-refractivity contribution in [3.63, 3.8) is 0 Å². The van der Waals surface area contributed by atoms with Crippen molar-refractivity contribution >= 4 is 32.6 Å². The third kappa shape index (κ3) is 6.33. The highest BCUT2D eigenvalue weighted by atomic mass is 31.3. The van der Waals surface area contributed by atoms with Crippen molar-refractivity contribution in [2.45, 2.75) is 61.4 Å². The number of ether oxygens (including phenoxy) is 2. The molecule has 5 unspecified atom stereocenters. The quantitative estimate of drug-likeness (QED) is 0.116. The molecule has 0 saturated carbocycles. The maximum atomic E-state index is 14.8. The van der Waals surface area contributed by atoms with Crippen molar-refractivity contribution in [2.24, 2.45) is 0 Å². The highest BCUT2D eigenvalue weighted by Gasteiger charge is 2.51. The molecule has 4 heterocycles. The van der Waals surface area contributed by atoms with Gasteiger partial charge in [-0.1, -0.05) is 0 Å². The molecule has 2 aliphatic rings. The lowest BCUT2D eigenvalue weighted by Gasteiger charge is -2.41. The van der Waals surface area contributed by atoms with Crippen LogP contribution in [0.3, 0.4) is 0 Å². The zero-order valence-corrected chi connectivity index (χ0v) is 21.7. The van der Waals surface area contributed by atoms with Gasteiger partial charge in [-0.05, 0) is 0 Å². The lowest BCUT2D eigenvalue weighted by Crippen LogP contribution is -2.61. The van der Waals surface area contributed by atoms with E-state index in [1.807, 2.05) is 0 Å². The monoisotopic (exact) mass is 621 g/mol. The van der Waals surface area contributed by atoms with E-state index in [-0.39, 0.29) is 17.0 Å². The van der Waals surface area contributed by atoms with Crippen LogP contribution in [-0.4, -0.2) is 128 Å². The number of fused-ring (bicyclic) bond motifs is 1.